The first-order chi connectivity index (χ1) is 7.65. The lowest BCUT2D eigenvalue weighted by Crippen LogP contribution is -2.18. The summed E-state index contributed by atoms with van der Waals surface area (Å²) >= 11 is 0. The van der Waals surface area contributed by atoms with Crippen molar-refractivity contribution in [2.75, 3.05) is 6.61 Å². The van der Waals surface area contributed by atoms with Crippen LogP contribution in [0, 0.1) is 12.8 Å². The van der Waals surface area contributed by atoms with Crippen molar-refractivity contribution in [1.82, 2.24) is 0 Å². The summed E-state index contributed by atoms with van der Waals surface area (Å²) in [6.07, 6.45) is 3.61. The van der Waals surface area contributed by atoms with Gasteiger partial charge in [-0.3, -0.25) is 0 Å². The molecule has 2 heteroatoms. The summed E-state index contributed by atoms with van der Waals surface area (Å²) in [4.78, 5) is 0. The van der Waals surface area contributed by atoms with Crippen molar-refractivity contribution in [2.45, 2.75) is 39.2 Å². The Morgan fingerprint density at radius 3 is 2.75 bits per heavy atom. The van der Waals surface area contributed by atoms with Gasteiger partial charge in [-0.2, -0.15) is 0 Å². The fourth-order valence-corrected chi connectivity index (χ4v) is 1.83. The van der Waals surface area contributed by atoms with E-state index in [2.05, 4.69) is 25.1 Å². The third-order valence-electron chi connectivity index (χ3n) is 3.04. The molecule has 0 heterocycles. The van der Waals surface area contributed by atoms with Gasteiger partial charge in [0.05, 0.1) is 6.61 Å². The van der Waals surface area contributed by atoms with Gasteiger partial charge in [-0.1, -0.05) is 6.07 Å². The van der Waals surface area contributed by atoms with Crippen molar-refractivity contribution in [2.24, 2.45) is 11.7 Å². The van der Waals surface area contributed by atoms with Gasteiger partial charge in [0.25, 0.3) is 0 Å². The smallest absolute Gasteiger partial charge is 0.119 e. The van der Waals surface area contributed by atoms with E-state index in [0.717, 1.165) is 24.7 Å². The standard InChI is InChI=1S/C14H21NO/c1-10-7-14(16-9-12-3-4-12)6-5-13(10)8-11(2)15/h5-7,11-12H,3-4,8-9,15H2,1-2H3. The van der Waals surface area contributed by atoms with E-state index in [1.807, 2.05) is 6.92 Å². The molecule has 1 fully saturated rings. The fraction of sp³-hybridized carbons (Fsp3) is 0.571. The average Bonchev–Trinajstić information content (AvgIpc) is 3.02. The first-order valence-corrected chi connectivity index (χ1v) is 6.13. The highest BCUT2D eigenvalue weighted by molar-refractivity contribution is 5.35. The molecule has 88 valence electrons. The van der Waals surface area contributed by atoms with Crippen molar-refractivity contribution in [1.29, 1.82) is 0 Å². The third-order valence-corrected chi connectivity index (χ3v) is 3.04. The van der Waals surface area contributed by atoms with E-state index in [1.165, 1.54) is 24.0 Å². The summed E-state index contributed by atoms with van der Waals surface area (Å²) in [6, 6.07) is 6.55. The van der Waals surface area contributed by atoms with Crippen molar-refractivity contribution >= 4 is 0 Å². The molecule has 1 atom stereocenters. The maximum Gasteiger partial charge on any atom is 0.119 e. The van der Waals surface area contributed by atoms with Gasteiger partial charge in [-0.05, 0) is 62.3 Å². The van der Waals surface area contributed by atoms with Crippen molar-refractivity contribution in [3.63, 3.8) is 0 Å². The second-order valence-corrected chi connectivity index (χ2v) is 5.02. The van der Waals surface area contributed by atoms with Crippen LogP contribution in [0.3, 0.4) is 0 Å². The summed E-state index contributed by atoms with van der Waals surface area (Å²) in [6.45, 7) is 5.05. The molecule has 1 aromatic carbocycles. The summed E-state index contributed by atoms with van der Waals surface area (Å²) in [5.41, 5.74) is 8.42. The van der Waals surface area contributed by atoms with Gasteiger partial charge < -0.3 is 10.5 Å². The highest BCUT2D eigenvalue weighted by Gasteiger charge is 2.21. The summed E-state index contributed by atoms with van der Waals surface area (Å²) in [7, 11) is 0. The zero-order valence-corrected chi connectivity index (χ0v) is 10.2. The lowest BCUT2D eigenvalue weighted by molar-refractivity contribution is 0.299. The fourth-order valence-electron chi connectivity index (χ4n) is 1.83. The third kappa shape index (κ3) is 3.24. The maximum atomic E-state index is 5.81. The second-order valence-electron chi connectivity index (χ2n) is 5.02. The Morgan fingerprint density at radius 1 is 1.44 bits per heavy atom. The Bertz CT molecular complexity index is 356. The number of ether oxygens (including phenoxy) is 1. The summed E-state index contributed by atoms with van der Waals surface area (Å²) in [5.74, 6) is 1.81. The van der Waals surface area contributed by atoms with Crippen LogP contribution in [-0.2, 0) is 6.42 Å². The molecule has 1 saturated carbocycles. The van der Waals surface area contributed by atoms with Crippen LogP contribution >= 0.6 is 0 Å². The predicted molar refractivity (Wildman–Crippen MR) is 66.8 cm³/mol. The number of nitrogens with two attached hydrogens (primary N) is 1. The molecular weight excluding hydrogens is 198 g/mol. The highest BCUT2D eigenvalue weighted by Crippen LogP contribution is 2.29. The number of benzene rings is 1. The second kappa shape index (κ2) is 4.88. The minimum atomic E-state index is 0.219. The highest BCUT2D eigenvalue weighted by atomic mass is 16.5. The van der Waals surface area contributed by atoms with E-state index < -0.39 is 0 Å². The summed E-state index contributed by atoms with van der Waals surface area (Å²) < 4.78 is 5.74. The monoisotopic (exact) mass is 219 g/mol. The van der Waals surface area contributed by atoms with Crippen LogP contribution in [0.2, 0.25) is 0 Å². The van der Waals surface area contributed by atoms with Gasteiger partial charge in [-0.25, -0.2) is 0 Å². The van der Waals surface area contributed by atoms with Crippen LogP contribution < -0.4 is 10.5 Å². The van der Waals surface area contributed by atoms with Gasteiger partial charge in [-0.15, -0.1) is 0 Å². The number of aryl methyl sites for hydroxylation is 1. The molecule has 0 radical (unpaired) electrons. The molecule has 0 aromatic heterocycles. The van der Waals surface area contributed by atoms with Gasteiger partial charge >= 0.3 is 0 Å². The molecule has 2 nitrogen and oxygen atoms in total. The maximum absolute atomic E-state index is 5.81. The van der Waals surface area contributed by atoms with Gasteiger partial charge in [0, 0.05) is 6.04 Å². The van der Waals surface area contributed by atoms with E-state index >= 15 is 0 Å². The minimum Gasteiger partial charge on any atom is -0.493 e. The Hall–Kier alpha value is -1.02. The van der Waals surface area contributed by atoms with Crippen molar-refractivity contribution < 1.29 is 4.74 Å². The van der Waals surface area contributed by atoms with Crippen LogP contribution in [0.25, 0.3) is 0 Å². The van der Waals surface area contributed by atoms with Crippen LogP contribution in [0.5, 0.6) is 5.75 Å². The molecule has 16 heavy (non-hydrogen) atoms. The van der Waals surface area contributed by atoms with E-state index in [1.54, 1.807) is 0 Å². The molecule has 2 rings (SSSR count). The van der Waals surface area contributed by atoms with E-state index in [-0.39, 0.29) is 6.04 Å². The van der Waals surface area contributed by atoms with Crippen molar-refractivity contribution in [3.8, 4) is 5.75 Å². The lowest BCUT2D eigenvalue weighted by Gasteiger charge is -2.11. The molecule has 0 aliphatic heterocycles. The first-order valence-electron chi connectivity index (χ1n) is 6.13. The molecule has 1 aromatic rings. The normalized spacial score (nSPS) is 17.2. The quantitative estimate of drug-likeness (QED) is 0.826. The molecule has 2 N–H and O–H groups in total. The zero-order valence-electron chi connectivity index (χ0n) is 10.2. The van der Waals surface area contributed by atoms with E-state index in [9.17, 15) is 0 Å². The van der Waals surface area contributed by atoms with Gasteiger partial charge in [0.15, 0.2) is 0 Å². The van der Waals surface area contributed by atoms with E-state index in [0.29, 0.717) is 0 Å². The topological polar surface area (TPSA) is 35.2 Å². The first kappa shape index (κ1) is 11.5. The number of hydrogen-bond donors (Lipinski definition) is 1. The van der Waals surface area contributed by atoms with Gasteiger partial charge in [0.2, 0.25) is 0 Å². The SMILES string of the molecule is Cc1cc(OCC2CC2)ccc1CC(C)N. The molecular formula is C14H21NO. The molecule has 0 spiro atoms. The lowest BCUT2D eigenvalue weighted by atomic mass is 10.0. The largest absolute Gasteiger partial charge is 0.493 e. The Labute approximate surface area is 97.8 Å². The van der Waals surface area contributed by atoms with E-state index in [4.69, 9.17) is 10.5 Å². The predicted octanol–water partition coefficient (Wildman–Crippen LogP) is 2.67. The molecule has 1 unspecified atom stereocenters. The van der Waals surface area contributed by atoms with Gasteiger partial charge in [0.1, 0.15) is 5.75 Å². The van der Waals surface area contributed by atoms with Crippen LogP contribution in [-0.4, -0.2) is 12.6 Å². The molecule has 0 saturated heterocycles. The molecule has 1 aliphatic carbocycles. The number of hydrogen-bond acceptors (Lipinski definition) is 2. The van der Waals surface area contributed by atoms with Crippen LogP contribution in [0.1, 0.15) is 30.9 Å². The average molecular weight is 219 g/mol. The molecule has 0 bridgehead atoms. The summed E-state index contributed by atoms with van der Waals surface area (Å²) in [5, 5.41) is 0. The van der Waals surface area contributed by atoms with Crippen LogP contribution in [0.15, 0.2) is 18.2 Å². The number of rotatable bonds is 5. The zero-order chi connectivity index (χ0) is 11.5. The Morgan fingerprint density at radius 2 is 2.19 bits per heavy atom. The van der Waals surface area contributed by atoms with Crippen molar-refractivity contribution in [3.05, 3.63) is 29.3 Å². The van der Waals surface area contributed by atoms with Crippen LogP contribution in [0.4, 0.5) is 0 Å². The molecule has 0 amide bonds. The molecule has 1 aliphatic rings. The minimum absolute atomic E-state index is 0.219. The Kier molecular flexibility index (Phi) is 3.49. The Balaban J connectivity index is 1.97.